The molecule has 2 rings (SSSR count). The molecule has 0 atom stereocenters. The van der Waals surface area contributed by atoms with Gasteiger partial charge in [-0.2, -0.15) is 0 Å². The van der Waals surface area contributed by atoms with Gasteiger partial charge in [-0.05, 0) is 25.1 Å². The number of hydroxylamine groups is 1. The number of nitrogens with zero attached hydrogens (tertiary/aromatic N) is 1. The molecule has 2 aromatic carbocycles. The van der Waals surface area contributed by atoms with E-state index in [9.17, 15) is 9.18 Å². The van der Waals surface area contributed by atoms with Crippen molar-refractivity contribution in [2.45, 2.75) is 13.5 Å². The van der Waals surface area contributed by atoms with Crippen molar-refractivity contribution in [3.63, 3.8) is 0 Å². The topological polar surface area (TPSA) is 70.9 Å². The van der Waals surface area contributed by atoms with E-state index in [-0.39, 0.29) is 18.0 Å². The second kappa shape index (κ2) is 7.51. The number of carbonyl (C=O) groups is 1. The molecule has 0 saturated heterocycles. The largest absolute Gasteiger partial charge is 0.478 e. The zero-order valence-electron chi connectivity index (χ0n) is 12.8. The summed E-state index contributed by atoms with van der Waals surface area (Å²) in [4.78, 5) is 20.3. The van der Waals surface area contributed by atoms with Gasteiger partial charge in [-0.15, -0.1) is 0 Å². The summed E-state index contributed by atoms with van der Waals surface area (Å²) >= 11 is 0. The maximum atomic E-state index is 13.6. The number of aryl methyl sites for hydroxylation is 1. The highest BCUT2D eigenvalue weighted by Gasteiger charge is 2.08. The van der Waals surface area contributed by atoms with Gasteiger partial charge in [0.25, 0.3) is 0 Å². The number of benzene rings is 2. The second-order valence-corrected chi connectivity index (χ2v) is 4.94. The van der Waals surface area contributed by atoms with Crippen molar-refractivity contribution in [2.75, 3.05) is 7.05 Å². The Morgan fingerprint density at radius 1 is 1.26 bits per heavy atom. The molecule has 0 unspecified atom stereocenters. The fourth-order valence-corrected chi connectivity index (χ4v) is 2.03. The minimum atomic E-state index is -1.02. The highest BCUT2D eigenvalue weighted by atomic mass is 19.1. The van der Waals surface area contributed by atoms with Crippen LogP contribution in [0.2, 0.25) is 0 Å². The van der Waals surface area contributed by atoms with Crippen LogP contribution in [0.25, 0.3) is 0 Å². The summed E-state index contributed by atoms with van der Waals surface area (Å²) in [7, 11) is 1.55. The SMILES string of the molecule is CN=C(NOCc1cc(C)ccc1F)c1cccc(C(=O)O)c1. The Hall–Kier alpha value is -2.73. The van der Waals surface area contributed by atoms with Crippen LogP contribution in [-0.2, 0) is 11.4 Å². The molecule has 0 aromatic heterocycles. The molecule has 0 fully saturated rings. The molecule has 0 aliphatic rings. The van der Waals surface area contributed by atoms with Crippen molar-refractivity contribution in [1.29, 1.82) is 0 Å². The van der Waals surface area contributed by atoms with Crippen LogP contribution in [0.4, 0.5) is 4.39 Å². The first-order chi connectivity index (χ1) is 11.0. The van der Waals surface area contributed by atoms with Gasteiger partial charge in [0.05, 0.1) is 5.56 Å². The van der Waals surface area contributed by atoms with E-state index in [0.717, 1.165) is 5.56 Å². The molecule has 6 heteroatoms. The summed E-state index contributed by atoms with van der Waals surface area (Å²) in [5, 5.41) is 9.01. The Morgan fingerprint density at radius 2 is 2.00 bits per heavy atom. The maximum Gasteiger partial charge on any atom is 0.335 e. The number of halogens is 1. The fraction of sp³-hybridized carbons (Fsp3) is 0.176. The van der Waals surface area contributed by atoms with Gasteiger partial charge in [0, 0.05) is 18.2 Å². The predicted molar refractivity (Wildman–Crippen MR) is 84.9 cm³/mol. The highest BCUT2D eigenvalue weighted by Crippen LogP contribution is 2.11. The van der Waals surface area contributed by atoms with E-state index in [4.69, 9.17) is 9.94 Å². The molecule has 0 aliphatic carbocycles. The summed E-state index contributed by atoms with van der Waals surface area (Å²) in [6.07, 6.45) is 0. The zero-order valence-corrected chi connectivity index (χ0v) is 12.8. The molecule has 0 spiro atoms. The zero-order chi connectivity index (χ0) is 16.8. The third kappa shape index (κ3) is 4.37. The molecule has 0 saturated carbocycles. The van der Waals surface area contributed by atoms with Crippen LogP contribution in [0.15, 0.2) is 47.5 Å². The number of hydrogen-bond acceptors (Lipinski definition) is 3. The molecule has 0 heterocycles. The van der Waals surface area contributed by atoms with Crippen molar-refractivity contribution >= 4 is 11.8 Å². The summed E-state index contributed by atoms with van der Waals surface area (Å²) < 4.78 is 13.6. The molecule has 5 nitrogen and oxygen atoms in total. The minimum absolute atomic E-state index is 0.0190. The lowest BCUT2D eigenvalue weighted by molar-refractivity contribution is 0.0689. The van der Waals surface area contributed by atoms with Crippen LogP contribution < -0.4 is 5.48 Å². The Morgan fingerprint density at radius 3 is 2.70 bits per heavy atom. The molecule has 0 bridgehead atoms. The molecule has 0 aliphatic heterocycles. The number of amidine groups is 1. The Labute approximate surface area is 133 Å². The van der Waals surface area contributed by atoms with Gasteiger partial charge in [0.1, 0.15) is 12.4 Å². The van der Waals surface area contributed by atoms with E-state index in [0.29, 0.717) is 17.0 Å². The standard InChI is InChI=1S/C17H17FN2O3/c1-11-6-7-15(18)14(8-11)10-23-20-16(19-2)12-4-3-5-13(9-12)17(21)22/h3-9H,10H2,1-2H3,(H,19,20)(H,21,22). The first kappa shape index (κ1) is 16.6. The molecule has 0 radical (unpaired) electrons. The minimum Gasteiger partial charge on any atom is -0.478 e. The van der Waals surface area contributed by atoms with Crippen LogP contribution in [0, 0.1) is 12.7 Å². The van der Waals surface area contributed by atoms with Crippen molar-refractivity contribution in [2.24, 2.45) is 4.99 Å². The third-order valence-corrected chi connectivity index (χ3v) is 3.20. The molecule has 2 aromatic rings. The lowest BCUT2D eigenvalue weighted by Crippen LogP contribution is -2.25. The molecular weight excluding hydrogens is 299 g/mol. The van der Waals surface area contributed by atoms with Gasteiger partial charge in [-0.3, -0.25) is 9.83 Å². The van der Waals surface area contributed by atoms with Gasteiger partial charge < -0.3 is 5.11 Å². The number of hydrogen-bond donors (Lipinski definition) is 2. The van der Waals surface area contributed by atoms with E-state index in [1.165, 1.54) is 18.2 Å². The normalized spacial score (nSPS) is 11.3. The van der Waals surface area contributed by atoms with E-state index >= 15 is 0 Å². The Kier molecular flexibility index (Phi) is 5.43. The summed E-state index contributed by atoms with van der Waals surface area (Å²) in [6, 6.07) is 11.1. The number of nitrogens with one attached hydrogen (secondary N) is 1. The van der Waals surface area contributed by atoms with Gasteiger partial charge in [-0.1, -0.05) is 29.8 Å². The molecule has 23 heavy (non-hydrogen) atoms. The number of carboxylic acids is 1. The monoisotopic (exact) mass is 316 g/mol. The summed E-state index contributed by atoms with van der Waals surface area (Å²) in [6.45, 7) is 1.89. The second-order valence-electron chi connectivity index (χ2n) is 4.94. The molecule has 120 valence electrons. The summed E-state index contributed by atoms with van der Waals surface area (Å²) in [5.74, 6) is -1.01. The van der Waals surface area contributed by atoms with Gasteiger partial charge in [0.15, 0.2) is 5.84 Å². The van der Waals surface area contributed by atoms with Crippen molar-refractivity contribution < 1.29 is 19.1 Å². The molecule has 2 N–H and O–H groups in total. The van der Waals surface area contributed by atoms with Crippen molar-refractivity contribution in [3.05, 3.63) is 70.5 Å². The van der Waals surface area contributed by atoms with E-state index < -0.39 is 5.97 Å². The maximum absolute atomic E-state index is 13.6. The molecular formula is C17H17FN2O3. The first-order valence-corrected chi connectivity index (χ1v) is 6.94. The van der Waals surface area contributed by atoms with Crippen molar-refractivity contribution in [1.82, 2.24) is 5.48 Å². The first-order valence-electron chi connectivity index (χ1n) is 6.94. The summed E-state index contributed by atoms with van der Waals surface area (Å²) in [5.41, 5.74) is 4.71. The number of carboxylic acid groups (broad SMARTS) is 1. The van der Waals surface area contributed by atoms with E-state index in [2.05, 4.69) is 10.5 Å². The average molecular weight is 316 g/mol. The molecule has 0 amide bonds. The van der Waals surface area contributed by atoms with Gasteiger partial charge in [0.2, 0.25) is 0 Å². The lowest BCUT2D eigenvalue weighted by Gasteiger charge is -2.11. The highest BCUT2D eigenvalue weighted by molar-refractivity contribution is 6.00. The average Bonchev–Trinajstić information content (AvgIpc) is 2.54. The van der Waals surface area contributed by atoms with Crippen molar-refractivity contribution in [3.8, 4) is 0 Å². The van der Waals surface area contributed by atoms with E-state index in [1.54, 1.807) is 31.3 Å². The van der Waals surface area contributed by atoms with Crippen LogP contribution >= 0.6 is 0 Å². The van der Waals surface area contributed by atoms with Crippen LogP contribution in [0.1, 0.15) is 27.0 Å². The smallest absolute Gasteiger partial charge is 0.335 e. The Bertz CT molecular complexity index is 744. The van der Waals surface area contributed by atoms with Crippen LogP contribution in [0.3, 0.4) is 0 Å². The fourth-order valence-electron chi connectivity index (χ4n) is 2.03. The van der Waals surface area contributed by atoms with Gasteiger partial charge in [-0.25, -0.2) is 14.7 Å². The van der Waals surface area contributed by atoms with Gasteiger partial charge >= 0.3 is 5.97 Å². The Balaban J connectivity index is 2.05. The predicted octanol–water partition coefficient (Wildman–Crippen LogP) is 2.93. The quantitative estimate of drug-likeness (QED) is 0.505. The number of aliphatic imine (C=N–C) groups is 1. The van der Waals surface area contributed by atoms with Crippen LogP contribution in [0.5, 0.6) is 0 Å². The van der Waals surface area contributed by atoms with E-state index in [1.807, 2.05) is 6.92 Å². The van der Waals surface area contributed by atoms with Crippen LogP contribution in [-0.4, -0.2) is 24.0 Å². The lowest BCUT2D eigenvalue weighted by atomic mass is 10.1. The third-order valence-electron chi connectivity index (χ3n) is 3.20. The number of aromatic carboxylic acids is 1. The number of rotatable bonds is 5.